The van der Waals surface area contributed by atoms with Gasteiger partial charge in [-0.05, 0) is 90.8 Å². The molecule has 3 N–H and O–H groups in total. The molecule has 0 atom stereocenters. The highest BCUT2D eigenvalue weighted by Gasteiger charge is 2.20. The first-order chi connectivity index (χ1) is 23.0. The largest absolute Gasteiger partial charge is 0.469 e. The lowest BCUT2D eigenvalue weighted by Gasteiger charge is -2.22. The number of anilines is 2. The SMILES string of the molecule is Cc1cc(C(=O)NC2CCCCC2)c(C)o1.Cc1oc(C)c(C(=O)Nc2ccccc2)c1C.Cc1occc1C(=O)Nc1ccccc1. The second-order valence-corrected chi connectivity index (χ2v) is 11.9. The van der Waals surface area contributed by atoms with E-state index in [0.717, 1.165) is 41.3 Å². The van der Waals surface area contributed by atoms with Crippen LogP contribution in [0.4, 0.5) is 11.4 Å². The van der Waals surface area contributed by atoms with Gasteiger partial charge in [-0.25, -0.2) is 0 Å². The third-order valence-electron chi connectivity index (χ3n) is 8.18. The summed E-state index contributed by atoms with van der Waals surface area (Å²) in [5.41, 5.74) is 4.35. The molecule has 0 aliphatic heterocycles. The molecule has 1 aliphatic carbocycles. The summed E-state index contributed by atoms with van der Waals surface area (Å²) < 4.78 is 15.9. The Labute approximate surface area is 282 Å². The molecule has 5 aromatic rings. The van der Waals surface area contributed by atoms with E-state index in [1.807, 2.05) is 94.4 Å². The van der Waals surface area contributed by atoms with E-state index in [9.17, 15) is 14.4 Å². The van der Waals surface area contributed by atoms with Crippen LogP contribution in [0.1, 0.15) is 97.5 Å². The Hall–Kier alpha value is -5.31. The van der Waals surface area contributed by atoms with Gasteiger partial charge in [-0.3, -0.25) is 14.4 Å². The number of hydrogen-bond donors (Lipinski definition) is 3. The molecule has 3 amide bonds. The molecule has 9 heteroatoms. The Morgan fingerprint density at radius 1 is 0.604 bits per heavy atom. The van der Waals surface area contributed by atoms with Crippen molar-refractivity contribution in [2.75, 3.05) is 10.6 Å². The first-order valence-electron chi connectivity index (χ1n) is 16.2. The number of aryl methyl sites for hydroxylation is 5. The van der Waals surface area contributed by atoms with Crippen molar-refractivity contribution in [2.24, 2.45) is 0 Å². The van der Waals surface area contributed by atoms with Crippen LogP contribution in [0.2, 0.25) is 0 Å². The van der Waals surface area contributed by atoms with Gasteiger partial charge < -0.3 is 29.2 Å². The molecular weight excluding hydrogens is 606 g/mol. The van der Waals surface area contributed by atoms with E-state index in [4.69, 9.17) is 13.3 Å². The van der Waals surface area contributed by atoms with E-state index >= 15 is 0 Å². The number of para-hydroxylation sites is 2. The van der Waals surface area contributed by atoms with Crippen LogP contribution in [0.5, 0.6) is 0 Å². The van der Waals surface area contributed by atoms with Gasteiger partial charge in [0, 0.05) is 23.0 Å². The van der Waals surface area contributed by atoms with Gasteiger partial charge in [0.05, 0.1) is 23.0 Å². The average molecular weight is 652 g/mol. The summed E-state index contributed by atoms with van der Waals surface area (Å²) in [7, 11) is 0. The van der Waals surface area contributed by atoms with Gasteiger partial charge in [0.15, 0.2) is 0 Å². The van der Waals surface area contributed by atoms with Crippen LogP contribution in [0.25, 0.3) is 0 Å². The lowest BCUT2D eigenvalue weighted by atomic mass is 9.95. The zero-order valence-corrected chi connectivity index (χ0v) is 28.6. The van der Waals surface area contributed by atoms with Crippen molar-refractivity contribution >= 4 is 29.1 Å². The molecule has 3 aromatic heterocycles. The minimum atomic E-state index is -0.146. The number of hydrogen-bond acceptors (Lipinski definition) is 6. The van der Waals surface area contributed by atoms with Crippen molar-refractivity contribution in [3.63, 3.8) is 0 Å². The quantitative estimate of drug-likeness (QED) is 0.168. The maximum absolute atomic E-state index is 12.1. The highest BCUT2D eigenvalue weighted by Crippen LogP contribution is 2.22. The monoisotopic (exact) mass is 651 g/mol. The molecule has 0 radical (unpaired) electrons. The Bertz CT molecular complexity index is 1790. The Morgan fingerprint density at radius 3 is 1.67 bits per heavy atom. The van der Waals surface area contributed by atoms with Gasteiger partial charge in [0.1, 0.15) is 28.8 Å². The molecule has 1 saturated carbocycles. The average Bonchev–Trinajstić information content (AvgIpc) is 3.73. The molecule has 0 spiro atoms. The summed E-state index contributed by atoms with van der Waals surface area (Å²) in [5.74, 6) is 3.34. The number of carbonyl (C=O) groups excluding carboxylic acids is 3. The summed E-state index contributed by atoms with van der Waals surface area (Å²) in [6.45, 7) is 11.0. The molecule has 9 nitrogen and oxygen atoms in total. The molecule has 2 aromatic carbocycles. The number of amides is 3. The van der Waals surface area contributed by atoms with Crippen molar-refractivity contribution in [1.82, 2.24) is 5.32 Å². The van der Waals surface area contributed by atoms with Crippen LogP contribution < -0.4 is 16.0 Å². The molecule has 252 valence electrons. The predicted octanol–water partition coefficient (Wildman–Crippen LogP) is 9.26. The van der Waals surface area contributed by atoms with E-state index in [1.165, 1.54) is 25.5 Å². The van der Waals surface area contributed by atoms with Gasteiger partial charge in [0.25, 0.3) is 17.7 Å². The molecule has 0 unspecified atom stereocenters. The van der Waals surface area contributed by atoms with E-state index in [0.29, 0.717) is 40.0 Å². The molecule has 1 aliphatic rings. The first-order valence-corrected chi connectivity index (χ1v) is 16.2. The minimum Gasteiger partial charge on any atom is -0.469 e. The van der Waals surface area contributed by atoms with Gasteiger partial charge in [-0.1, -0.05) is 55.7 Å². The second kappa shape index (κ2) is 17.0. The fraction of sp³-hybridized carbons (Fsp3) is 0.308. The van der Waals surface area contributed by atoms with Crippen LogP contribution in [-0.4, -0.2) is 23.8 Å². The van der Waals surface area contributed by atoms with Gasteiger partial charge >= 0.3 is 0 Å². The third kappa shape index (κ3) is 9.84. The summed E-state index contributed by atoms with van der Waals surface area (Å²) in [6, 6.07) is 22.6. The molecule has 3 heterocycles. The number of rotatable bonds is 6. The topological polar surface area (TPSA) is 127 Å². The zero-order chi connectivity index (χ0) is 34.6. The minimum absolute atomic E-state index is 0.0150. The van der Waals surface area contributed by atoms with Crippen LogP contribution in [0, 0.1) is 41.5 Å². The summed E-state index contributed by atoms with van der Waals surface area (Å²) >= 11 is 0. The smallest absolute Gasteiger partial charge is 0.259 e. The second-order valence-electron chi connectivity index (χ2n) is 11.9. The van der Waals surface area contributed by atoms with Crippen molar-refractivity contribution in [2.45, 2.75) is 79.7 Å². The van der Waals surface area contributed by atoms with E-state index < -0.39 is 0 Å². The van der Waals surface area contributed by atoms with Gasteiger partial charge in [0.2, 0.25) is 0 Å². The molecule has 0 saturated heterocycles. The van der Waals surface area contributed by atoms with Crippen LogP contribution in [-0.2, 0) is 0 Å². The normalized spacial score (nSPS) is 12.5. The zero-order valence-electron chi connectivity index (χ0n) is 28.6. The van der Waals surface area contributed by atoms with Crippen molar-refractivity contribution in [1.29, 1.82) is 0 Å². The molecule has 48 heavy (non-hydrogen) atoms. The van der Waals surface area contributed by atoms with Crippen LogP contribution in [0.15, 0.2) is 92.3 Å². The molecule has 0 bridgehead atoms. The highest BCUT2D eigenvalue weighted by molar-refractivity contribution is 6.06. The van der Waals surface area contributed by atoms with Crippen molar-refractivity contribution in [3.8, 4) is 0 Å². The van der Waals surface area contributed by atoms with E-state index in [1.54, 1.807) is 19.9 Å². The van der Waals surface area contributed by atoms with Gasteiger partial charge in [-0.2, -0.15) is 0 Å². The molecular formula is C39H45N3O6. The van der Waals surface area contributed by atoms with E-state index in [2.05, 4.69) is 16.0 Å². The van der Waals surface area contributed by atoms with Crippen LogP contribution >= 0.6 is 0 Å². The maximum Gasteiger partial charge on any atom is 0.259 e. The van der Waals surface area contributed by atoms with Crippen molar-refractivity contribution < 1.29 is 27.6 Å². The Balaban J connectivity index is 0.000000163. The lowest BCUT2D eigenvalue weighted by Crippen LogP contribution is -2.36. The summed E-state index contributed by atoms with van der Waals surface area (Å²) in [5, 5.41) is 8.73. The first kappa shape index (κ1) is 35.5. The number of nitrogens with one attached hydrogen (secondary N) is 3. The number of carbonyl (C=O) groups is 3. The third-order valence-corrected chi connectivity index (χ3v) is 8.18. The number of benzene rings is 2. The summed E-state index contributed by atoms with van der Waals surface area (Å²) in [4.78, 5) is 35.8. The fourth-order valence-corrected chi connectivity index (χ4v) is 5.55. The predicted molar refractivity (Wildman–Crippen MR) is 188 cm³/mol. The highest BCUT2D eigenvalue weighted by atomic mass is 16.3. The summed E-state index contributed by atoms with van der Waals surface area (Å²) in [6.07, 6.45) is 7.50. The number of furan rings is 3. The standard InChI is InChI=1S/C14H15NO2.C13H19NO2.C12H11NO2/c1-9-10(2)17-11(3)13(9)14(16)15-12-7-5-4-6-8-12;1-9-8-12(10(2)16-9)13(15)14-11-6-4-3-5-7-11;1-9-11(7-8-15-9)12(14)13-10-5-3-2-4-6-10/h4-8H,1-3H3,(H,15,16);8,11H,3-7H2,1-2H3,(H,14,15);2-8H,1H3,(H,13,14). The van der Waals surface area contributed by atoms with E-state index in [-0.39, 0.29) is 17.7 Å². The Kier molecular flexibility index (Phi) is 12.6. The molecule has 1 fully saturated rings. The fourth-order valence-electron chi connectivity index (χ4n) is 5.55. The lowest BCUT2D eigenvalue weighted by molar-refractivity contribution is 0.0924. The molecule has 6 rings (SSSR count). The Morgan fingerprint density at radius 2 is 1.19 bits per heavy atom. The maximum atomic E-state index is 12.1. The van der Waals surface area contributed by atoms with Crippen molar-refractivity contribution in [3.05, 3.63) is 130 Å². The van der Waals surface area contributed by atoms with Gasteiger partial charge in [-0.15, -0.1) is 0 Å². The van der Waals surface area contributed by atoms with Crippen LogP contribution in [0.3, 0.4) is 0 Å².